The Balaban J connectivity index is 1.40. The predicted octanol–water partition coefficient (Wildman–Crippen LogP) is 5.46. The molecule has 3 aromatic carbocycles. The summed E-state index contributed by atoms with van der Waals surface area (Å²) in [5.74, 6) is 0.349. The lowest BCUT2D eigenvalue weighted by Gasteiger charge is -2.27. The number of benzene rings is 3. The number of carbonyl (C=O) groups excluding carboxylic acids is 2. The number of thiazole rings is 1. The average Bonchev–Trinajstić information content (AvgIpc) is 3.51. The molecule has 0 spiro atoms. The van der Waals surface area contributed by atoms with Crippen molar-refractivity contribution in [2.75, 3.05) is 13.2 Å². The zero-order valence-corrected chi connectivity index (χ0v) is 24.8. The molecule has 2 atom stereocenters. The highest BCUT2D eigenvalue weighted by atomic mass is 32.1. The van der Waals surface area contributed by atoms with Gasteiger partial charge in [-0.15, -0.1) is 11.3 Å². The Morgan fingerprint density at radius 1 is 0.952 bits per heavy atom. The highest BCUT2D eigenvalue weighted by molar-refractivity contribution is 7.09. The van der Waals surface area contributed by atoms with Gasteiger partial charge in [0, 0.05) is 17.6 Å². The summed E-state index contributed by atoms with van der Waals surface area (Å²) in [7, 11) is 0. The van der Waals surface area contributed by atoms with Crippen molar-refractivity contribution in [3.8, 4) is 5.75 Å². The van der Waals surface area contributed by atoms with Crippen molar-refractivity contribution in [3.63, 3.8) is 0 Å². The van der Waals surface area contributed by atoms with Gasteiger partial charge in [-0.25, -0.2) is 4.79 Å². The number of para-hydroxylation sites is 1. The van der Waals surface area contributed by atoms with Crippen molar-refractivity contribution in [2.45, 2.75) is 52.0 Å². The molecule has 0 saturated carbocycles. The Morgan fingerprint density at radius 3 is 2.26 bits per heavy atom. The monoisotopic (exact) mass is 587 g/mol. The number of aliphatic hydroxyl groups excluding tert-OH is 1. The van der Waals surface area contributed by atoms with Gasteiger partial charge in [-0.1, -0.05) is 78.9 Å². The molecule has 4 rings (SSSR count). The number of hydrogen-bond donors (Lipinski definition) is 2. The van der Waals surface area contributed by atoms with Gasteiger partial charge in [0.2, 0.25) is 0 Å². The summed E-state index contributed by atoms with van der Waals surface area (Å²) in [6.45, 7) is 4.38. The third kappa shape index (κ3) is 9.43. The third-order valence-electron chi connectivity index (χ3n) is 6.85. The largest absolute Gasteiger partial charge is 0.483 e. The molecule has 0 radical (unpaired) electrons. The Bertz CT molecular complexity index is 1380. The van der Waals surface area contributed by atoms with Crippen LogP contribution in [0.1, 0.15) is 33.6 Å². The van der Waals surface area contributed by atoms with Crippen LogP contribution in [0.2, 0.25) is 0 Å². The van der Waals surface area contributed by atoms with Crippen LogP contribution < -0.4 is 10.1 Å². The minimum Gasteiger partial charge on any atom is -0.483 e. The van der Waals surface area contributed by atoms with Crippen LogP contribution in [0, 0.1) is 13.8 Å². The summed E-state index contributed by atoms with van der Waals surface area (Å²) < 4.78 is 11.4. The fourth-order valence-corrected chi connectivity index (χ4v) is 5.22. The number of ether oxygens (including phenoxy) is 2. The summed E-state index contributed by atoms with van der Waals surface area (Å²) in [6, 6.07) is 24.4. The average molecular weight is 588 g/mol. The van der Waals surface area contributed by atoms with E-state index in [1.54, 1.807) is 16.6 Å². The third-order valence-corrected chi connectivity index (χ3v) is 7.62. The fraction of sp³-hybridized carbons (Fsp3) is 0.303. The second-order valence-electron chi connectivity index (χ2n) is 10.2. The van der Waals surface area contributed by atoms with Gasteiger partial charge >= 0.3 is 6.09 Å². The summed E-state index contributed by atoms with van der Waals surface area (Å²) in [5, 5.41) is 14.3. The highest BCUT2D eigenvalue weighted by Gasteiger charge is 2.25. The van der Waals surface area contributed by atoms with E-state index < -0.39 is 18.2 Å². The van der Waals surface area contributed by atoms with Crippen LogP contribution in [0.4, 0.5) is 4.79 Å². The smallest absolute Gasteiger partial charge is 0.410 e. The summed E-state index contributed by atoms with van der Waals surface area (Å²) in [4.78, 5) is 32.6. The minimum atomic E-state index is -0.930. The van der Waals surface area contributed by atoms with Crippen molar-refractivity contribution in [1.29, 1.82) is 0 Å². The van der Waals surface area contributed by atoms with Gasteiger partial charge in [0.25, 0.3) is 5.91 Å². The number of nitrogens with zero attached hydrogens (tertiary/aromatic N) is 2. The molecule has 0 saturated heterocycles. The minimum absolute atomic E-state index is 0.147. The SMILES string of the molecule is Cc1cccc(C)c1OCC(=O)NC(Cc1ccccc1)C(O)CCN(Cc1cncs1)C(=O)OCc1ccccc1. The van der Waals surface area contributed by atoms with E-state index in [9.17, 15) is 14.7 Å². The molecule has 2 amide bonds. The summed E-state index contributed by atoms with van der Waals surface area (Å²) in [6.07, 6.45) is 0.956. The number of aromatic nitrogens is 1. The van der Waals surface area contributed by atoms with E-state index in [1.807, 2.05) is 92.7 Å². The van der Waals surface area contributed by atoms with Gasteiger partial charge in [-0.05, 0) is 48.9 Å². The number of nitrogens with one attached hydrogen (secondary N) is 1. The van der Waals surface area contributed by atoms with Gasteiger partial charge in [0.05, 0.1) is 24.2 Å². The number of aliphatic hydroxyl groups is 1. The Labute approximate surface area is 250 Å². The maximum Gasteiger partial charge on any atom is 0.410 e. The lowest BCUT2D eigenvalue weighted by Crippen LogP contribution is -2.47. The van der Waals surface area contributed by atoms with Crippen molar-refractivity contribution in [1.82, 2.24) is 15.2 Å². The Hall–Kier alpha value is -4.21. The number of aryl methyl sites for hydroxylation is 2. The number of hydrogen-bond acceptors (Lipinski definition) is 7. The highest BCUT2D eigenvalue weighted by Crippen LogP contribution is 2.22. The molecule has 0 fully saturated rings. The van der Waals surface area contributed by atoms with Crippen LogP contribution in [0.15, 0.2) is 90.6 Å². The van der Waals surface area contributed by atoms with Gasteiger partial charge in [0.1, 0.15) is 12.4 Å². The van der Waals surface area contributed by atoms with E-state index in [4.69, 9.17) is 9.47 Å². The fourth-order valence-electron chi connectivity index (χ4n) is 4.61. The molecule has 2 unspecified atom stereocenters. The molecular weight excluding hydrogens is 550 g/mol. The van der Waals surface area contributed by atoms with Crippen LogP contribution >= 0.6 is 11.3 Å². The van der Waals surface area contributed by atoms with Gasteiger partial charge in [0.15, 0.2) is 6.61 Å². The van der Waals surface area contributed by atoms with Crippen molar-refractivity contribution < 1.29 is 24.2 Å². The van der Waals surface area contributed by atoms with E-state index in [2.05, 4.69) is 10.3 Å². The predicted molar refractivity (Wildman–Crippen MR) is 163 cm³/mol. The van der Waals surface area contributed by atoms with Gasteiger partial charge < -0.3 is 24.8 Å². The van der Waals surface area contributed by atoms with Gasteiger partial charge in [-0.3, -0.25) is 9.78 Å². The second kappa shape index (κ2) is 15.7. The van der Waals surface area contributed by atoms with Gasteiger partial charge in [-0.2, -0.15) is 0 Å². The van der Waals surface area contributed by atoms with Crippen LogP contribution in [-0.2, 0) is 29.1 Å². The van der Waals surface area contributed by atoms with E-state index in [-0.39, 0.29) is 32.1 Å². The maximum absolute atomic E-state index is 13.1. The molecule has 1 aromatic heterocycles. The quantitative estimate of drug-likeness (QED) is 0.203. The molecule has 1 heterocycles. The number of amides is 2. The molecule has 0 aliphatic rings. The van der Waals surface area contributed by atoms with Crippen molar-refractivity contribution in [3.05, 3.63) is 118 Å². The molecule has 0 aliphatic carbocycles. The first-order valence-electron chi connectivity index (χ1n) is 13.9. The molecule has 220 valence electrons. The molecule has 2 N–H and O–H groups in total. The van der Waals surface area contributed by atoms with E-state index >= 15 is 0 Å². The zero-order chi connectivity index (χ0) is 29.7. The Morgan fingerprint density at radius 2 is 1.62 bits per heavy atom. The summed E-state index contributed by atoms with van der Waals surface area (Å²) in [5.41, 5.74) is 5.47. The maximum atomic E-state index is 13.1. The second-order valence-corrected chi connectivity index (χ2v) is 11.1. The van der Waals surface area contributed by atoms with Crippen molar-refractivity contribution >= 4 is 23.3 Å². The van der Waals surface area contributed by atoms with Crippen LogP contribution in [0.25, 0.3) is 0 Å². The first kappa shape index (κ1) is 30.7. The Kier molecular flexibility index (Phi) is 11.5. The van der Waals surface area contributed by atoms with Crippen LogP contribution in [0.5, 0.6) is 5.75 Å². The lowest BCUT2D eigenvalue weighted by atomic mass is 9.99. The molecule has 42 heavy (non-hydrogen) atoms. The standard InChI is InChI=1S/C33H37N3O5S/c1-24-10-9-11-25(2)32(24)40-22-31(38)35-29(18-26-12-5-3-6-13-26)30(37)16-17-36(20-28-19-34-23-42-28)33(39)41-21-27-14-7-4-8-15-27/h3-15,19,23,29-30,37H,16-18,20-22H2,1-2H3,(H,35,38). The van der Waals surface area contributed by atoms with Crippen LogP contribution in [0.3, 0.4) is 0 Å². The molecule has 8 nitrogen and oxygen atoms in total. The number of carbonyl (C=O) groups is 2. The first-order valence-corrected chi connectivity index (χ1v) is 14.8. The molecular formula is C33H37N3O5S. The topological polar surface area (TPSA) is 101 Å². The number of rotatable bonds is 14. The zero-order valence-electron chi connectivity index (χ0n) is 23.9. The van der Waals surface area contributed by atoms with Crippen molar-refractivity contribution in [2.24, 2.45) is 0 Å². The summed E-state index contributed by atoms with van der Waals surface area (Å²) >= 11 is 1.45. The molecule has 9 heteroatoms. The first-order chi connectivity index (χ1) is 20.4. The van der Waals surface area contributed by atoms with E-state index in [0.717, 1.165) is 27.1 Å². The normalized spacial score (nSPS) is 12.3. The van der Waals surface area contributed by atoms with E-state index in [0.29, 0.717) is 18.7 Å². The molecule has 0 aliphatic heterocycles. The van der Waals surface area contributed by atoms with Crippen LogP contribution in [-0.4, -0.2) is 52.3 Å². The molecule has 4 aromatic rings. The lowest BCUT2D eigenvalue weighted by molar-refractivity contribution is -0.124. The van der Waals surface area contributed by atoms with E-state index in [1.165, 1.54) is 11.3 Å². The molecule has 0 bridgehead atoms.